The Hall–Kier alpha value is -3.39. The summed E-state index contributed by atoms with van der Waals surface area (Å²) in [5.74, 6) is 0.000649. The largest absolute Gasteiger partial charge is 0.483 e. The highest BCUT2D eigenvalue weighted by Crippen LogP contribution is 2.21. The van der Waals surface area contributed by atoms with Crippen molar-refractivity contribution in [3.8, 4) is 5.75 Å². The number of nitrogens with zero attached hydrogens (tertiary/aromatic N) is 1. The number of H-pyrrole nitrogens is 1. The molecule has 3 N–H and O–H groups in total. The third-order valence-electron chi connectivity index (χ3n) is 4.09. The molecule has 3 aromatic rings. The van der Waals surface area contributed by atoms with Crippen molar-refractivity contribution in [1.82, 2.24) is 20.8 Å². The quantitative estimate of drug-likeness (QED) is 0.534. The van der Waals surface area contributed by atoms with E-state index in [1.807, 2.05) is 6.92 Å². The number of benzene rings is 2. The van der Waals surface area contributed by atoms with Crippen LogP contribution in [0.1, 0.15) is 17.8 Å². The predicted octanol–water partition coefficient (Wildman–Crippen LogP) is 2.04. The first-order valence-corrected chi connectivity index (χ1v) is 9.25. The van der Waals surface area contributed by atoms with Gasteiger partial charge in [0, 0.05) is 17.9 Å². The van der Waals surface area contributed by atoms with E-state index in [0.29, 0.717) is 27.5 Å². The van der Waals surface area contributed by atoms with Crippen molar-refractivity contribution in [2.24, 2.45) is 0 Å². The van der Waals surface area contributed by atoms with E-state index in [0.717, 1.165) is 5.56 Å². The molecular weight excluding hydrogens is 396 g/mol. The number of hydrazine groups is 1. The van der Waals surface area contributed by atoms with Crippen LogP contribution in [-0.4, -0.2) is 28.4 Å². The minimum Gasteiger partial charge on any atom is -0.483 e. The van der Waals surface area contributed by atoms with Crippen LogP contribution in [0.25, 0.3) is 10.9 Å². The van der Waals surface area contributed by atoms with Gasteiger partial charge in [-0.15, -0.1) is 0 Å². The van der Waals surface area contributed by atoms with Crippen LogP contribution in [0.2, 0.25) is 5.02 Å². The molecule has 3 rings (SSSR count). The molecule has 0 aliphatic rings. The summed E-state index contributed by atoms with van der Waals surface area (Å²) in [5, 5.41) is 1.07. The van der Waals surface area contributed by atoms with Crippen LogP contribution in [0.3, 0.4) is 0 Å². The highest BCUT2D eigenvalue weighted by atomic mass is 35.5. The van der Waals surface area contributed by atoms with Crippen molar-refractivity contribution >= 4 is 34.3 Å². The zero-order chi connectivity index (χ0) is 20.8. The van der Waals surface area contributed by atoms with Gasteiger partial charge in [0.25, 0.3) is 11.5 Å². The van der Waals surface area contributed by atoms with Gasteiger partial charge in [0.1, 0.15) is 11.6 Å². The molecule has 150 valence electrons. The molecule has 2 aromatic carbocycles. The molecule has 0 saturated heterocycles. The lowest BCUT2D eigenvalue weighted by Gasteiger charge is -2.10. The number of rotatable bonds is 6. The number of amides is 2. The number of ether oxygens (including phenoxy) is 1. The fourth-order valence-electron chi connectivity index (χ4n) is 2.64. The van der Waals surface area contributed by atoms with E-state index in [1.54, 1.807) is 42.5 Å². The number of aromatic nitrogens is 2. The summed E-state index contributed by atoms with van der Waals surface area (Å²) in [6, 6.07) is 12.0. The van der Waals surface area contributed by atoms with Gasteiger partial charge in [0.05, 0.1) is 10.9 Å². The zero-order valence-electron chi connectivity index (χ0n) is 15.6. The molecule has 2 amide bonds. The molecule has 0 fully saturated rings. The zero-order valence-corrected chi connectivity index (χ0v) is 16.4. The fourth-order valence-corrected chi connectivity index (χ4v) is 2.87. The van der Waals surface area contributed by atoms with E-state index < -0.39 is 11.8 Å². The molecule has 0 saturated carbocycles. The summed E-state index contributed by atoms with van der Waals surface area (Å²) < 4.78 is 5.40. The van der Waals surface area contributed by atoms with Gasteiger partial charge >= 0.3 is 0 Å². The Balaban J connectivity index is 1.45. The predicted molar refractivity (Wildman–Crippen MR) is 109 cm³/mol. The Bertz CT molecular complexity index is 1110. The van der Waals surface area contributed by atoms with Crippen molar-refractivity contribution in [3.05, 3.63) is 69.2 Å². The van der Waals surface area contributed by atoms with Gasteiger partial charge in [-0.3, -0.25) is 25.2 Å². The Kier molecular flexibility index (Phi) is 6.46. The first kappa shape index (κ1) is 20.3. The Morgan fingerprint density at radius 3 is 2.69 bits per heavy atom. The summed E-state index contributed by atoms with van der Waals surface area (Å²) >= 11 is 5.87. The lowest BCUT2D eigenvalue weighted by atomic mass is 10.2. The van der Waals surface area contributed by atoms with E-state index >= 15 is 0 Å². The van der Waals surface area contributed by atoms with E-state index in [1.165, 1.54) is 0 Å². The van der Waals surface area contributed by atoms with E-state index in [-0.39, 0.29) is 25.0 Å². The smallest absolute Gasteiger partial charge is 0.276 e. The Morgan fingerprint density at radius 1 is 1.14 bits per heavy atom. The second-order valence-corrected chi connectivity index (χ2v) is 6.76. The average Bonchev–Trinajstić information content (AvgIpc) is 2.70. The number of nitrogens with one attached hydrogen (secondary N) is 3. The Morgan fingerprint density at radius 2 is 1.90 bits per heavy atom. The summed E-state index contributed by atoms with van der Waals surface area (Å²) in [7, 11) is 0. The highest BCUT2D eigenvalue weighted by Gasteiger charge is 2.09. The third kappa shape index (κ3) is 5.55. The number of aryl methyl sites for hydroxylation is 2. The first-order valence-electron chi connectivity index (χ1n) is 8.87. The van der Waals surface area contributed by atoms with Crippen molar-refractivity contribution in [2.75, 3.05) is 6.61 Å². The van der Waals surface area contributed by atoms with Gasteiger partial charge < -0.3 is 9.72 Å². The van der Waals surface area contributed by atoms with Crippen LogP contribution < -0.4 is 21.1 Å². The minimum absolute atomic E-state index is 0.0404. The second-order valence-electron chi connectivity index (χ2n) is 6.32. The summed E-state index contributed by atoms with van der Waals surface area (Å²) in [6.45, 7) is 1.55. The van der Waals surface area contributed by atoms with Crippen molar-refractivity contribution in [1.29, 1.82) is 0 Å². The van der Waals surface area contributed by atoms with Crippen molar-refractivity contribution < 1.29 is 14.3 Å². The Labute approximate surface area is 171 Å². The maximum atomic E-state index is 12.0. The molecule has 0 atom stereocenters. The van der Waals surface area contributed by atoms with Crippen LogP contribution in [0.4, 0.5) is 0 Å². The van der Waals surface area contributed by atoms with Crippen LogP contribution >= 0.6 is 11.6 Å². The topological polar surface area (TPSA) is 113 Å². The van der Waals surface area contributed by atoms with E-state index in [2.05, 4.69) is 20.8 Å². The standard InChI is InChI=1S/C20H19ClN4O4/c1-12-10-13(21)6-7-16(12)29-11-19(27)25-24-18(26)9-8-17-22-15-5-3-2-4-14(15)20(28)23-17/h2-7,10H,8-9,11H2,1H3,(H,24,26)(H,25,27)(H,22,23,28). The van der Waals surface area contributed by atoms with Crippen molar-refractivity contribution in [3.63, 3.8) is 0 Å². The lowest BCUT2D eigenvalue weighted by Crippen LogP contribution is -2.44. The molecule has 1 heterocycles. The second kappa shape index (κ2) is 9.20. The molecule has 0 aliphatic carbocycles. The number of carbonyl (C=O) groups excluding carboxylic acids is 2. The molecule has 8 nitrogen and oxygen atoms in total. The molecule has 0 bridgehead atoms. The number of para-hydroxylation sites is 1. The van der Waals surface area contributed by atoms with Gasteiger partial charge in [-0.05, 0) is 42.8 Å². The summed E-state index contributed by atoms with van der Waals surface area (Å²) in [6.07, 6.45) is 0.265. The number of aromatic amines is 1. The van der Waals surface area contributed by atoms with E-state index in [4.69, 9.17) is 16.3 Å². The number of hydrogen-bond acceptors (Lipinski definition) is 5. The van der Waals surface area contributed by atoms with Crippen LogP contribution in [0.15, 0.2) is 47.3 Å². The fraction of sp³-hybridized carbons (Fsp3) is 0.200. The van der Waals surface area contributed by atoms with Gasteiger partial charge in [0.15, 0.2) is 6.61 Å². The van der Waals surface area contributed by atoms with Gasteiger partial charge in [-0.2, -0.15) is 0 Å². The maximum Gasteiger partial charge on any atom is 0.276 e. The van der Waals surface area contributed by atoms with Gasteiger partial charge in [0.2, 0.25) is 5.91 Å². The molecule has 0 spiro atoms. The molecule has 0 radical (unpaired) electrons. The SMILES string of the molecule is Cc1cc(Cl)ccc1OCC(=O)NNC(=O)CCc1nc2ccccc2c(=O)[nH]1. The molecule has 1 aromatic heterocycles. The van der Waals surface area contributed by atoms with Gasteiger partial charge in [-0.25, -0.2) is 4.98 Å². The third-order valence-corrected chi connectivity index (χ3v) is 4.32. The number of fused-ring (bicyclic) bond motifs is 1. The van der Waals surface area contributed by atoms with Crippen LogP contribution in [-0.2, 0) is 16.0 Å². The number of halogens is 1. The molecule has 9 heteroatoms. The average molecular weight is 415 g/mol. The summed E-state index contributed by atoms with van der Waals surface area (Å²) in [5.41, 5.74) is 5.69. The lowest BCUT2D eigenvalue weighted by molar-refractivity contribution is -0.130. The van der Waals surface area contributed by atoms with E-state index in [9.17, 15) is 14.4 Å². The minimum atomic E-state index is -0.509. The molecule has 29 heavy (non-hydrogen) atoms. The molecule has 0 unspecified atom stereocenters. The normalized spacial score (nSPS) is 10.6. The first-order chi connectivity index (χ1) is 13.9. The van der Waals surface area contributed by atoms with Gasteiger partial charge in [-0.1, -0.05) is 23.7 Å². The highest BCUT2D eigenvalue weighted by molar-refractivity contribution is 6.30. The summed E-state index contributed by atoms with van der Waals surface area (Å²) in [4.78, 5) is 42.8. The maximum absolute atomic E-state index is 12.0. The monoisotopic (exact) mass is 414 g/mol. The molecule has 0 aliphatic heterocycles. The molecular formula is C20H19ClN4O4. The van der Waals surface area contributed by atoms with Crippen LogP contribution in [0.5, 0.6) is 5.75 Å². The number of carbonyl (C=O) groups is 2. The van der Waals surface area contributed by atoms with Crippen molar-refractivity contribution in [2.45, 2.75) is 19.8 Å². The number of hydrogen-bond donors (Lipinski definition) is 3. The van der Waals surface area contributed by atoms with Crippen LogP contribution in [0, 0.1) is 6.92 Å².